The van der Waals surface area contributed by atoms with E-state index in [4.69, 9.17) is 0 Å². The summed E-state index contributed by atoms with van der Waals surface area (Å²) in [5.41, 5.74) is 5.62. The van der Waals surface area contributed by atoms with Crippen LogP contribution in [0.2, 0.25) is 0 Å². The number of piperazine rings is 1. The van der Waals surface area contributed by atoms with Crippen LogP contribution in [0.5, 0.6) is 0 Å². The number of anilines is 3. The van der Waals surface area contributed by atoms with E-state index in [9.17, 15) is 0 Å². The van der Waals surface area contributed by atoms with E-state index >= 15 is 0 Å². The first kappa shape index (κ1) is 18.6. The number of nitrogens with zero attached hydrogens (tertiary/aromatic N) is 4. The molecule has 0 spiro atoms. The van der Waals surface area contributed by atoms with Crippen LogP contribution in [0.4, 0.5) is 17.2 Å². The first-order chi connectivity index (χ1) is 14.8. The Balaban J connectivity index is 1.31. The fourth-order valence-electron chi connectivity index (χ4n) is 4.05. The Bertz CT molecular complexity index is 1110. The van der Waals surface area contributed by atoms with Crippen LogP contribution in [-0.2, 0) is 0 Å². The SMILES string of the molecule is CCN1CCN(c2ccc(Nc3n[nH]c4cc(-c5ccncc5)ccc34)cc2)CC1. The van der Waals surface area contributed by atoms with Crippen LogP contribution >= 0.6 is 0 Å². The third-order valence-corrected chi connectivity index (χ3v) is 5.89. The third-order valence-electron chi connectivity index (χ3n) is 5.89. The normalized spacial score (nSPS) is 14.9. The molecule has 152 valence electrons. The van der Waals surface area contributed by atoms with Crippen molar-refractivity contribution in [3.05, 3.63) is 67.0 Å². The van der Waals surface area contributed by atoms with Gasteiger partial charge in [0.25, 0.3) is 0 Å². The maximum atomic E-state index is 4.49. The van der Waals surface area contributed by atoms with E-state index in [1.807, 2.05) is 24.5 Å². The molecule has 1 fully saturated rings. The molecular weight excluding hydrogens is 372 g/mol. The van der Waals surface area contributed by atoms with E-state index < -0.39 is 0 Å². The molecule has 2 N–H and O–H groups in total. The molecule has 3 heterocycles. The largest absolute Gasteiger partial charge is 0.369 e. The van der Waals surface area contributed by atoms with Crippen LogP contribution in [0.25, 0.3) is 22.0 Å². The van der Waals surface area contributed by atoms with E-state index in [2.05, 4.69) is 79.7 Å². The molecule has 5 rings (SSSR count). The van der Waals surface area contributed by atoms with Crippen molar-refractivity contribution in [1.29, 1.82) is 0 Å². The fourth-order valence-corrected chi connectivity index (χ4v) is 4.05. The van der Waals surface area contributed by atoms with Crippen LogP contribution in [0.15, 0.2) is 67.0 Å². The standard InChI is InChI=1S/C24H26N6/c1-2-29-13-15-30(16-14-29)21-6-4-20(5-7-21)26-24-22-8-3-19(17-23(22)27-28-24)18-9-11-25-12-10-18/h3-12,17H,2,13-16H2,1H3,(H2,26,27,28). The summed E-state index contributed by atoms with van der Waals surface area (Å²) in [6.45, 7) is 7.82. The molecule has 1 aliphatic rings. The highest BCUT2D eigenvalue weighted by molar-refractivity contribution is 5.94. The van der Waals surface area contributed by atoms with E-state index in [0.717, 1.165) is 66.3 Å². The Labute approximate surface area is 176 Å². The van der Waals surface area contributed by atoms with Gasteiger partial charge in [-0.2, -0.15) is 5.10 Å². The Morgan fingerprint density at radius 2 is 1.67 bits per heavy atom. The van der Waals surface area contributed by atoms with Gasteiger partial charge in [0.2, 0.25) is 0 Å². The molecule has 1 saturated heterocycles. The maximum absolute atomic E-state index is 4.49. The van der Waals surface area contributed by atoms with Gasteiger partial charge in [0.1, 0.15) is 0 Å². The second kappa shape index (κ2) is 8.16. The number of benzene rings is 2. The highest BCUT2D eigenvalue weighted by Gasteiger charge is 2.15. The number of hydrogen-bond donors (Lipinski definition) is 2. The second-order valence-electron chi connectivity index (χ2n) is 7.66. The molecule has 0 radical (unpaired) electrons. The minimum absolute atomic E-state index is 0.843. The summed E-state index contributed by atoms with van der Waals surface area (Å²) in [6.07, 6.45) is 3.62. The lowest BCUT2D eigenvalue weighted by molar-refractivity contribution is 0.271. The van der Waals surface area contributed by atoms with Crippen LogP contribution in [0.3, 0.4) is 0 Å². The van der Waals surface area contributed by atoms with Gasteiger partial charge in [0.15, 0.2) is 5.82 Å². The number of hydrogen-bond acceptors (Lipinski definition) is 5. The lowest BCUT2D eigenvalue weighted by atomic mass is 10.1. The van der Waals surface area contributed by atoms with Crippen LogP contribution in [-0.4, -0.2) is 52.8 Å². The smallest absolute Gasteiger partial charge is 0.160 e. The zero-order valence-electron chi connectivity index (χ0n) is 17.2. The molecule has 0 aliphatic carbocycles. The van der Waals surface area contributed by atoms with E-state index in [0.29, 0.717) is 0 Å². The van der Waals surface area contributed by atoms with Crippen LogP contribution in [0.1, 0.15) is 6.92 Å². The van der Waals surface area contributed by atoms with Crippen LogP contribution < -0.4 is 10.2 Å². The van der Waals surface area contributed by atoms with Crippen LogP contribution in [0, 0.1) is 0 Å². The monoisotopic (exact) mass is 398 g/mol. The average molecular weight is 399 g/mol. The predicted octanol–water partition coefficient (Wildman–Crippen LogP) is 4.51. The number of rotatable bonds is 5. The lowest BCUT2D eigenvalue weighted by Gasteiger charge is -2.35. The van der Waals surface area contributed by atoms with Gasteiger partial charge in [0, 0.05) is 55.3 Å². The topological polar surface area (TPSA) is 60.1 Å². The number of fused-ring (bicyclic) bond motifs is 1. The van der Waals surface area contributed by atoms with Gasteiger partial charge >= 0.3 is 0 Å². The van der Waals surface area contributed by atoms with Gasteiger partial charge in [-0.05, 0) is 66.2 Å². The van der Waals surface area contributed by atoms with Crippen molar-refractivity contribution in [2.45, 2.75) is 6.92 Å². The molecule has 1 aliphatic heterocycles. The molecule has 0 unspecified atom stereocenters. The van der Waals surface area contributed by atoms with E-state index in [1.54, 1.807) is 0 Å². The number of nitrogens with one attached hydrogen (secondary N) is 2. The number of pyridine rings is 1. The van der Waals surface area contributed by atoms with E-state index in [-0.39, 0.29) is 0 Å². The van der Waals surface area contributed by atoms with Gasteiger partial charge in [0.05, 0.1) is 5.52 Å². The maximum Gasteiger partial charge on any atom is 0.160 e. The van der Waals surface area contributed by atoms with Crippen molar-refractivity contribution in [3.8, 4) is 11.1 Å². The highest BCUT2D eigenvalue weighted by Crippen LogP contribution is 2.29. The van der Waals surface area contributed by atoms with E-state index in [1.165, 1.54) is 5.69 Å². The summed E-state index contributed by atoms with van der Waals surface area (Å²) in [6, 6.07) is 19.0. The van der Waals surface area contributed by atoms with Gasteiger partial charge in [-0.25, -0.2) is 0 Å². The van der Waals surface area contributed by atoms with Gasteiger partial charge in [-0.15, -0.1) is 0 Å². The van der Waals surface area contributed by atoms with Crippen molar-refractivity contribution in [2.75, 3.05) is 42.9 Å². The molecular formula is C24H26N6. The van der Waals surface area contributed by atoms with Crippen molar-refractivity contribution >= 4 is 28.1 Å². The molecule has 4 aromatic rings. The quantitative estimate of drug-likeness (QED) is 0.518. The molecule has 0 bridgehead atoms. The fraction of sp³-hybridized carbons (Fsp3) is 0.250. The number of likely N-dealkylation sites (N-methyl/N-ethyl adjacent to an activating group) is 1. The summed E-state index contributed by atoms with van der Waals surface area (Å²) in [5, 5.41) is 12.2. The Morgan fingerprint density at radius 3 is 2.40 bits per heavy atom. The first-order valence-corrected chi connectivity index (χ1v) is 10.5. The Morgan fingerprint density at radius 1 is 0.900 bits per heavy atom. The van der Waals surface area contributed by atoms with Gasteiger partial charge < -0.3 is 15.1 Å². The molecule has 6 heteroatoms. The van der Waals surface area contributed by atoms with Crippen molar-refractivity contribution < 1.29 is 0 Å². The number of H-pyrrole nitrogens is 1. The highest BCUT2D eigenvalue weighted by atomic mass is 15.3. The molecule has 30 heavy (non-hydrogen) atoms. The number of aromatic nitrogens is 3. The molecule has 2 aromatic carbocycles. The Hall–Kier alpha value is -3.38. The summed E-state index contributed by atoms with van der Waals surface area (Å²) in [7, 11) is 0. The summed E-state index contributed by atoms with van der Waals surface area (Å²) >= 11 is 0. The van der Waals surface area contributed by atoms with Crippen molar-refractivity contribution in [3.63, 3.8) is 0 Å². The molecule has 2 aromatic heterocycles. The lowest BCUT2D eigenvalue weighted by Crippen LogP contribution is -2.46. The molecule has 0 saturated carbocycles. The zero-order chi connectivity index (χ0) is 20.3. The summed E-state index contributed by atoms with van der Waals surface area (Å²) in [4.78, 5) is 9.05. The Kier molecular flexibility index (Phi) is 5.07. The van der Waals surface area contributed by atoms with Gasteiger partial charge in [-0.3, -0.25) is 10.1 Å². The number of aromatic amines is 1. The third kappa shape index (κ3) is 3.74. The summed E-state index contributed by atoms with van der Waals surface area (Å²) in [5.74, 6) is 0.843. The summed E-state index contributed by atoms with van der Waals surface area (Å²) < 4.78 is 0. The molecule has 0 amide bonds. The molecule has 0 atom stereocenters. The second-order valence-corrected chi connectivity index (χ2v) is 7.66. The zero-order valence-corrected chi connectivity index (χ0v) is 17.2. The molecule has 6 nitrogen and oxygen atoms in total. The van der Waals surface area contributed by atoms with Crippen molar-refractivity contribution in [1.82, 2.24) is 20.1 Å². The average Bonchev–Trinajstić information content (AvgIpc) is 3.22. The van der Waals surface area contributed by atoms with Crippen molar-refractivity contribution in [2.24, 2.45) is 0 Å². The minimum atomic E-state index is 0.843. The minimum Gasteiger partial charge on any atom is -0.369 e. The first-order valence-electron chi connectivity index (χ1n) is 10.5. The predicted molar refractivity (Wildman–Crippen MR) is 123 cm³/mol. The van der Waals surface area contributed by atoms with Gasteiger partial charge in [-0.1, -0.05) is 13.0 Å².